The molecule has 6 heteroatoms. The van der Waals surface area contributed by atoms with Gasteiger partial charge in [-0.15, -0.1) is 11.3 Å². The molecule has 0 spiro atoms. The summed E-state index contributed by atoms with van der Waals surface area (Å²) in [7, 11) is 0. The Morgan fingerprint density at radius 2 is 2.05 bits per heavy atom. The zero-order chi connectivity index (χ0) is 15.0. The zero-order valence-electron chi connectivity index (χ0n) is 12.3. The number of thiophene rings is 1. The first-order valence-electron chi connectivity index (χ1n) is 6.85. The lowest BCUT2D eigenvalue weighted by Gasteiger charge is -2.16. The van der Waals surface area contributed by atoms with Crippen LogP contribution in [0.2, 0.25) is 4.34 Å². The predicted molar refractivity (Wildman–Crippen MR) is 83.7 cm³/mol. The monoisotopic (exact) mass is 321 g/mol. The molecule has 2 unspecified atom stereocenters. The van der Waals surface area contributed by atoms with Crippen LogP contribution in [-0.4, -0.2) is 43.7 Å². The van der Waals surface area contributed by atoms with Gasteiger partial charge in [-0.2, -0.15) is 0 Å². The van der Waals surface area contributed by atoms with Crippen LogP contribution in [0.5, 0.6) is 0 Å². The van der Waals surface area contributed by atoms with Gasteiger partial charge in [-0.3, -0.25) is 0 Å². The fraction of sp³-hybridized carbons (Fsp3) is 0.714. The largest absolute Gasteiger partial charge is 0.389 e. The first-order chi connectivity index (χ1) is 9.49. The fourth-order valence-electron chi connectivity index (χ4n) is 1.60. The second-order valence-corrected chi connectivity index (χ2v) is 6.67. The van der Waals surface area contributed by atoms with Crippen LogP contribution in [0.25, 0.3) is 0 Å². The molecule has 0 saturated carbocycles. The Labute approximate surface area is 130 Å². The van der Waals surface area contributed by atoms with Crippen molar-refractivity contribution in [2.24, 2.45) is 0 Å². The topological polar surface area (TPSA) is 50.7 Å². The standard InChI is InChI=1S/C14H24ClNO3S/c1-10(2)19-7-6-18-9-12(17)8-16-11(3)13-4-5-14(15)20-13/h4-5,10-12,16-17H,6-9H2,1-3H3. The molecule has 4 nitrogen and oxygen atoms in total. The zero-order valence-corrected chi connectivity index (χ0v) is 13.8. The third-order valence-corrected chi connectivity index (χ3v) is 4.08. The van der Waals surface area contributed by atoms with Crippen molar-refractivity contribution in [1.29, 1.82) is 0 Å². The quantitative estimate of drug-likeness (QED) is 0.651. The number of rotatable bonds is 10. The van der Waals surface area contributed by atoms with Crippen LogP contribution in [0.3, 0.4) is 0 Å². The average molecular weight is 322 g/mol. The van der Waals surface area contributed by atoms with Crippen molar-refractivity contribution in [3.8, 4) is 0 Å². The van der Waals surface area contributed by atoms with E-state index < -0.39 is 6.10 Å². The molecule has 0 fully saturated rings. The fourth-order valence-corrected chi connectivity index (χ4v) is 2.68. The molecule has 0 radical (unpaired) electrons. The lowest BCUT2D eigenvalue weighted by molar-refractivity contribution is -0.0104. The van der Waals surface area contributed by atoms with Gasteiger partial charge in [-0.05, 0) is 32.9 Å². The first kappa shape index (κ1) is 17.9. The van der Waals surface area contributed by atoms with E-state index in [0.29, 0.717) is 26.4 Å². The summed E-state index contributed by atoms with van der Waals surface area (Å²) in [6, 6.07) is 4.05. The lowest BCUT2D eigenvalue weighted by atomic mass is 10.2. The van der Waals surface area contributed by atoms with Gasteiger partial charge in [0.15, 0.2) is 0 Å². The third-order valence-electron chi connectivity index (χ3n) is 2.67. The van der Waals surface area contributed by atoms with Crippen molar-refractivity contribution in [2.75, 3.05) is 26.4 Å². The normalized spacial score (nSPS) is 14.7. The van der Waals surface area contributed by atoms with Gasteiger partial charge < -0.3 is 19.9 Å². The van der Waals surface area contributed by atoms with Crippen LogP contribution in [-0.2, 0) is 9.47 Å². The maximum absolute atomic E-state index is 9.81. The minimum atomic E-state index is -0.521. The molecular weight excluding hydrogens is 298 g/mol. The average Bonchev–Trinajstić information content (AvgIpc) is 2.82. The van der Waals surface area contributed by atoms with E-state index in [2.05, 4.69) is 5.32 Å². The number of aliphatic hydroxyl groups excluding tert-OH is 1. The Morgan fingerprint density at radius 3 is 2.65 bits per heavy atom. The van der Waals surface area contributed by atoms with Crippen LogP contribution in [0, 0.1) is 0 Å². The summed E-state index contributed by atoms with van der Waals surface area (Å²) in [5.41, 5.74) is 0. The summed E-state index contributed by atoms with van der Waals surface area (Å²) in [4.78, 5) is 1.16. The van der Waals surface area contributed by atoms with Crippen LogP contribution in [0.1, 0.15) is 31.7 Å². The van der Waals surface area contributed by atoms with Gasteiger partial charge in [-0.1, -0.05) is 11.6 Å². The molecule has 0 bridgehead atoms. The molecule has 116 valence electrons. The maximum Gasteiger partial charge on any atom is 0.0931 e. The minimum Gasteiger partial charge on any atom is -0.389 e. The Bertz CT molecular complexity index is 373. The molecule has 0 aromatic carbocycles. The van der Waals surface area contributed by atoms with Crippen LogP contribution in [0.15, 0.2) is 12.1 Å². The minimum absolute atomic E-state index is 0.173. The molecule has 1 heterocycles. The Hall–Kier alpha value is -0.170. The SMILES string of the molecule is CC(C)OCCOCC(O)CNC(C)c1ccc(Cl)s1. The van der Waals surface area contributed by atoms with Gasteiger partial charge in [0.05, 0.1) is 36.4 Å². The summed E-state index contributed by atoms with van der Waals surface area (Å²) >= 11 is 7.45. The second-order valence-electron chi connectivity index (χ2n) is 4.92. The van der Waals surface area contributed by atoms with Crippen LogP contribution < -0.4 is 5.32 Å². The van der Waals surface area contributed by atoms with Crippen molar-refractivity contribution < 1.29 is 14.6 Å². The molecule has 2 N–H and O–H groups in total. The van der Waals surface area contributed by atoms with E-state index in [4.69, 9.17) is 21.1 Å². The van der Waals surface area contributed by atoms with E-state index in [-0.39, 0.29) is 12.1 Å². The molecule has 0 aliphatic heterocycles. The van der Waals surface area contributed by atoms with Crippen LogP contribution >= 0.6 is 22.9 Å². The molecule has 1 rings (SSSR count). The molecule has 2 atom stereocenters. The third kappa shape index (κ3) is 7.57. The Kier molecular flexibility index (Phi) is 8.68. The lowest BCUT2D eigenvalue weighted by Crippen LogP contribution is -2.32. The number of hydrogen-bond acceptors (Lipinski definition) is 5. The smallest absolute Gasteiger partial charge is 0.0931 e. The maximum atomic E-state index is 9.81. The van der Waals surface area contributed by atoms with Gasteiger partial charge in [0.25, 0.3) is 0 Å². The van der Waals surface area contributed by atoms with Crippen molar-refractivity contribution in [3.05, 3.63) is 21.3 Å². The summed E-state index contributed by atoms with van der Waals surface area (Å²) in [6.45, 7) is 7.88. The van der Waals surface area contributed by atoms with E-state index in [0.717, 1.165) is 9.21 Å². The highest BCUT2D eigenvalue weighted by Gasteiger charge is 2.10. The van der Waals surface area contributed by atoms with Crippen molar-refractivity contribution >= 4 is 22.9 Å². The summed E-state index contributed by atoms with van der Waals surface area (Å²) < 4.78 is 11.5. The van der Waals surface area contributed by atoms with E-state index >= 15 is 0 Å². The number of halogens is 1. The van der Waals surface area contributed by atoms with Gasteiger partial charge in [0.1, 0.15) is 0 Å². The highest BCUT2D eigenvalue weighted by molar-refractivity contribution is 7.16. The molecule has 0 aliphatic rings. The molecule has 0 saturated heterocycles. The molecule has 0 amide bonds. The number of hydrogen-bond donors (Lipinski definition) is 2. The molecule has 1 aromatic heterocycles. The molecule has 1 aromatic rings. The molecule has 20 heavy (non-hydrogen) atoms. The summed E-state index contributed by atoms with van der Waals surface area (Å²) in [5, 5.41) is 13.1. The molecular formula is C14H24ClNO3S. The van der Waals surface area contributed by atoms with E-state index in [1.54, 1.807) is 11.3 Å². The highest BCUT2D eigenvalue weighted by atomic mass is 35.5. The van der Waals surface area contributed by atoms with E-state index in [1.165, 1.54) is 0 Å². The summed E-state index contributed by atoms with van der Waals surface area (Å²) in [5.74, 6) is 0. The predicted octanol–water partition coefficient (Wildman–Crippen LogP) is 2.85. The Morgan fingerprint density at radius 1 is 1.30 bits per heavy atom. The van der Waals surface area contributed by atoms with Gasteiger partial charge in [0.2, 0.25) is 0 Å². The van der Waals surface area contributed by atoms with E-state index in [9.17, 15) is 5.11 Å². The Balaban J connectivity index is 2.09. The van der Waals surface area contributed by atoms with Crippen molar-refractivity contribution in [1.82, 2.24) is 5.32 Å². The van der Waals surface area contributed by atoms with Gasteiger partial charge in [0, 0.05) is 17.5 Å². The van der Waals surface area contributed by atoms with Crippen molar-refractivity contribution in [3.63, 3.8) is 0 Å². The summed E-state index contributed by atoms with van der Waals surface area (Å²) in [6.07, 6.45) is -0.310. The van der Waals surface area contributed by atoms with Gasteiger partial charge >= 0.3 is 0 Å². The van der Waals surface area contributed by atoms with Crippen molar-refractivity contribution in [2.45, 2.75) is 39.0 Å². The number of ether oxygens (including phenoxy) is 2. The number of nitrogens with one attached hydrogen (secondary N) is 1. The first-order valence-corrected chi connectivity index (χ1v) is 8.04. The van der Waals surface area contributed by atoms with Gasteiger partial charge in [-0.25, -0.2) is 0 Å². The second kappa shape index (κ2) is 9.71. The van der Waals surface area contributed by atoms with E-state index in [1.807, 2.05) is 32.9 Å². The van der Waals surface area contributed by atoms with Crippen LogP contribution in [0.4, 0.5) is 0 Å². The highest BCUT2D eigenvalue weighted by Crippen LogP contribution is 2.26. The molecule has 0 aliphatic carbocycles. The number of aliphatic hydroxyl groups is 1.